The Hall–Kier alpha value is -2.08. The van der Waals surface area contributed by atoms with Crippen LogP contribution in [0.15, 0.2) is 46.9 Å². The number of non-ortho nitro benzene ring substituents is 1. The van der Waals surface area contributed by atoms with Crippen LogP contribution in [0.1, 0.15) is 18.5 Å². The second-order valence-corrected chi connectivity index (χ2v) is 5.42. The average molecular weight is 351 g/mol. The lowest BCUT2D eigenvalue weighted by Gasteiger charge is -2.16. The van der Waals surface area contributed by atoms with E-state index in [-0.39, 0.29) is 16.7 Å². The van der Waals surface area contributed by atoms with E-state index in [0.717, 1.165) is 21.5 Å². The maximum absolute atomic E-state index is 10.8. The molecule has 1 atom stereocenters. The third-order valence-corrected chi connectivity index (χ3v) is 3.74. The molecule has 0 radical (unpaired) electrons. The van der Waals surface area contributed by atoms with Crippen LogP contribution in [0, 0.1) is 10.1 Å². The fourth-order valence-corrected chi connectivity index (χ4v) is 2.54. The predicted octanol–water partition coefficient (Wildman–Crippen LogP) is 4.54. The number of nitrogens with zero attached hydrogens (tertiary/aromatic N) is 1. The molecule has 110 valence electrons. The summed E-state index contributed by atoms with van der Waals surface area (Å²) < 4.78 is 6.03. The van der Waals surface area contributed by atoms with Gasteiger partial charge in [-0.3, -0.25) is 10.1 Å². The van der Waals surface area contributed by atoms with Crippen molar-refractivity contribution >= 4 is 27.3 Å². The Bertz CT molecular complexity index is 661. The predicted molar refractivity (Wildman–Crippen MR) is 85.8 cm³/mol. The Balaban J connectivity index is 2.17. The van der Waals surface area contributed by atoms with Gasteiger partial charge in [-0.15, -0.1) is 0 Å². The molecule has 0 bridgehead atoms. The van der Waals surface area contributed by atoms with Crippen molar-refractivity contribution in [2.24, 2.45) is 0 Å². The summed E-state index contributed by atoms with van der Waals surface area (Å²) in [5.74, 6) is 0.753. The third kappa shape index (κ3) is 3.72. The number of benzene rings is 2. The maximum Gasteiger partial charge on any atom is 0.269 e. The average Bonchev–Trinajstić information content (AvgIpc) is 2.47. The molecule has 0 aliphatic rings. The van der Waals surface area contributed by atoms with Crippen LogP contribution in [0.4, 0.5) is 11.4 Å². The van der Waals surface area contributed by atoms with Crippen LogP contribution >= 0.6 is 15.9 Å². The molecule has 5 nitrogen and oxygen atoms in total. The van der Waals surface area contributed by atoms with E-state index in [2.05, 4.69) is 21.2 Å². The van der Waals surface area contributed by atoms with Crippen LogP contribution < -0.4 is 10.1 Å². The molecule has 0 aliphatic heterocycles. The quantitative estimate of drug-likeness (QED) is 0.635. The summed E-state index contributed by atoms with van der Waals surface area (Å²) in [7, 11) is 1.61. The first-order chi connectivity index (χ1) is 10.0. The van der Waals surface area contributed by atoms with Gasteiger partial charge in [0.05, 0.1) is 16.5 Å². The number of nitro benzene ring substituents is 1. The molecule has 0 aliphatic carbocycles. The van der Waals surface area contributed by atoms with E-state index in [1.54, 1.807) is 19.2 Å². The first kappa shape index (κ1) is 15.3. The normalized spacial score (nSPS) is 11.8. The largest absolute Gasteiger partial charge is 0.496 e. The zero-order valence-electron chi connectivity index (χ0n) is 11.7. The van der Waals surface area contributed by atoms with Crippen LogP contribution in [0.25, 0.3) is 0 Å². The lowest BCUT2D eigenvalue weighted by Crippen LogP contribution is -2.07. The molecule has 2 rings (SSSR count). The van der Waals surface area contributed by atoms with Gasteiger partial charge in [-0.25, -0.2) is 0 Å². The topological polar surface area (TPSA) is 64.4 Å². The van der Waals surface area contributed by atoms with Gasteiger partial charge in [0.1, 0.15) is 5.75 Å². The Labute approximate surface area is 131 Å². The van der Waals surface area contributed by atoms with E-state index in [9.17, 15) is 10.1 Å². The van der Waals surface area contributed by atoms with Crippen molar-refractivity contribution in [3.8, 4) is 5.75 Å². The minimum atomic E-state index is -0.389. The summed E-state index contributed by atoms with van der Waals surface area (Å²) >= 11 is 3.43. The maximum atomic E-state index is 10.8. The molecule has 0 fully saturated rings. The molecule has 0 spiro atoms. The number of methoxy groups -OCH3 is 1. The van der Waals surface area contributed by atoms with Crippen molar-refractivity contribution < 1.29 is 9.66 Å². The highest BCUT2D eigenvalue weighted by atomic mass is 79.9. The van der Waals surface area contributed by atoms with Crippen LogP contribution in [0.5, 0.6) is 5.75 Å². The second-order valence-electron chi connectivity index (χ2n) is 4.57. The Morgan fingerprint density at radius 1 is 1.29 bits per heavy atom. The Kier molecular flexibility index (Phi) is 4.80. The molecule has 0 saturated carbocycles. The molecule has 1 N–H and O–H groups in total. The van der Waals surface area contributed by atoms with Gasteiger partial charge in [-0.05, 0) is 46.6 Å². The highest BCUT2D eigenvalue weighted by Crippen LogP contribution is 2.30. The van der Waals surface area contributed by atoms with Crippen molar-refractivity contribution in [2.75, 3.05) is 12.4 Å². The second kappa shape index (κ2) is 6.58. The van der Waals surface area contributed by atoms with Gasteiger partial charge in [0.15, 0.2) is 0 Å². The van der Waals surface area contributed by atoms with Crippen LogP contribution in [0.2, 0.25) is 0 Å². The fraction of sp³-hybridized carbons (Fsp3) is 0.200. The van der Waals surface area contributed by atoms with Crippen LogP contribution in [0.3, 0.4) is 0 Å². The van der Waals surface area contributed by atoms with Crippen LogP contribution in [-0.2, 0) is 0 Å². The van der Waals surface area contributed by atoms with Gasteiger partial charge in [-0.2, -0.15) is 0 Å². The van der Waals surface area contributed by atoms with Crippen molar-refractivity contribution in [3.05, 3.63) is 62.6 Å². The number of nitro groups is 1. The van der Waals surface area contributed by atoms with Gasteiger partial charge in [-0.1, -0.05) is 12.1 Å². The minimum absolute atomic E-state index is 0.0507. The van der Waals surface area contributed by atoms with E-state index < -0.39 is 0 Å². The molecular weight excluding hydrogens is 336 g/mol. The molecule has 6 heteroatoms. The number of rotatable bonds is 5. The first-order valence-corrected chi connectivity index (χ1v) is 7.15. The number of ether oxygens (including phenoxy) is 1. The summed E-state index contributed by atoms with van der Waals surface area (Å²) in [5.41, 5.74) is 1.86. The summed E-state index contributed by atoms with van der Waals surface area (Å²) in [5, 5.41) is 14.1. The van der Waals surface area contributed by atoms with E-state index in [0.29, 0.717) is 0 Å². The molecule has 1 unspecified atom stereocenters. The zero-order chi connectivity index (χ0) is 15.4. The fourth-order valence-electron chi connectivity index (χ4n) is 2.00. The van der Waals surface area contributed by atoms with E-state index >= 15 is 0 Å². The first-order valence-electron chi connectivity index (χ1n) is 6.35. The summed E-state index contributed by atoms with van der Waals surface area (Å²) in [4.78, 5) is 10.4. The number of hydrogen-bond acceptors (Lipinski definition) is 4. The number of anilines is 1. The highest BCUT2D eigenvalue weighted by Gasteiger charge is 2.11. The van der Waals surface area contributed by atoms with E-state index in [4.69, 9.17) is 4.74 Å². The Morgan fingerprint density at radius 3 is 2.67 bits per heavy atom. The number of nitrogens with one attached hydrogen (secondary N) is 1. The summed E-state index contributed by atoms with van der Waals surface area (Å²) in [6, 6.07) is 12.2. The molecule has 0 heterocycles. The standard InChI is InChI=1S/C15H15BrN2O3/c1-10(11-4-3-5-13(8-11)18(19)20)17-12-6-7-15(21-2)14(16)9-12/h3-10,17H,1-2H3. The molecule has 0 aromatic heterocycles. The van der Waals surface area contributed by atoms with Crippen molar-refractivity contribution in [3.63, 3.8) is 0 Å². The van der Waals surface area contributed by atoms with Crippen molar-refractivity contribution in [1.82, 2.24) is 0 Å². The lowest BCUT2D eigenvalue weighted by molar-refractivity contribution is -0.384. The van der Waals surface area contributed by atoms with E-state index in [1.807, 2.05) is 31.2 Å². The Morgan fingerprint density at radius 2 is 2.05 bits per heavy atom. The van der Waals surface area contributed by atoms with Gasteiger partial charge in [0, 0.05) is 23.9 Å². The molecule has 0 saturated heterocycles. The molecular formula is C15H15BrN2O3. The number of hydrogen-bond donors (Lipinski definition) is 1. The molecule has 0 amide bonds. The lowest BCUT2D eigenvalue weighted by atomic mass is 10.1. The number of halogens is 1. The smallest absolute Gasteiger partial charge is 0.269 e. The SMILES string of the molecule is COc1ccc(NC(C)c2cccc([N+](=O)[O-])c2)cc1Br. The third-order valence-electron chi connectivity index (χ3n) is 3.12. The van der Waals surface area contributed by atoms with Gasteiger partial charge < -0.3 is 10.1 Å². The van der Waals surface area contributed by atoms with Gasteiger partial charge in [0.25, 0.3) is 5.69 Å². The summed E-state index contributed by atoms with van der Waals surface area (Å²) in [6.07, 6.45) is 0. The summed E-state index contributed by atoms with van der Waals surface area (Å²) in [6.45, 7) is 1.96. The van der Waals surface area contributed by atoms with E-state index in [1.165, 1.54) is 6.07 Å². The van der Waals surface area contributed by atoms with Crippen molar-refractivity contribution in [1.29, 1.82) is 0 Å². The highest BCUT2D eigenvalue weighted by molar-refractivity contribution is 9.10. The minimum Gasteiger partial charge on any atom is -0.496 e. The monoisotopic (exact) mass is 350 g/mol. The van der Waals surface area contributed by atoms with Gasteiger partial charge in [0.2, 0.25) is 0 Å². The zero-order valence-corrected chi connectivity index (χ0v) is 13.3. The van der Waals surface area contributed by atoms with Gasteiger partial charge >= 0.3 is 0 Å². The van der Waals surface area contributed by atoms with Crippen LogP contribution in [-0.4, -0.2) is 12.0 Å². The molecule has 2 aromatic carbocycles. The molecule has 2 aromatic rings. The van der Waals surface area contributed by atoms with Crippen molar-refractivity contribution in [2.45, 2.75) is 13.0 Å². The molecule has 21 heavy (non-hydrogen) atoms.